The second-order valence-corrected chi connectivity index (χ2v) is 12.7. The lowest BCUT2D eigenvalue weighted by Crippen LogP contribution is -2.55. The van der Waals surface area contributed by atoms with Gasteiger partial charge in [-0.25, -0.2) is 0 Å². The van der Waals surface area contributed by atoms with E-state index in [9.17, 15) is 19.5 Å². The Morgan fingerprint density at radius 3 is 1.67 bits per heavy atom. The molecule has 0 amide bonds. The fraction of sp³-hybridized carbons (Fsp3) is 0.625. The summed E-state index contributed by atoms with van der Waals surface area (Å²) in [6, 6.07) is -0.738. The fourth-order valence-corrected chi connectivity index (χ4v) is 4.56. The first-order chi connectivity index (χ1) is 23.1. The van der Waals surface area contributed by atoms with Gasteiger partial charge in [0.15, 0.2) is 6.10 Å². The Labute approximate surface area is 291 Å². The van der Waals surface area contributed by atoms with E-state index in [1.54, 1.807) is 21.1 Å². The predicted molar refractivity (Wildman–Crippen MR) is 194 cm³/mol. The highest BCUT2D eigenvalue weighted by molar-refractivity contribution is 5.70. The zero-order valence-corrected chi connectivity index (χ0v) is 30.6. The molecule has 0 aliphatic carbocycles. The molecule has 0 spiro atoms. The van der Waals surface area contributed by atoms with Gasteiger partial charge in [-0.3, -0.25) is 9.59 Å². The highest BCUT2D eigenvalue weighted by Crippen LogP contribution is 2.10. The molecule has 0 bridgehead atoms. The number of carbonyl (C=O) groups excluding carboxylic acids is 3. The zero-order valence-electron chi connectivity index (χ0n) is 30.6. The number of nitrogens with zero attached hydrogens (tertiary/aromatic N) is 1. The monoisotopic (exact) mass is 671 g/mol. The SMILES string of the molecule is CC/C=C\C/C=C\C/C=C\C/C=C\C/C=C\C/C=C\CCC(=O)OC(COCCC(C(=O)[O-])[N+](C)(C)C)COC(=O)CCCCCCC. The van der Waals surface area contributed by atoms with Crippen molar-refractivity contribution < 1.29 is 38.2 Å². The number of likely N-dealkylation sites (N-methyl/N-ethyl adjacent to an activating group) is 1. The maximum Gasteiger partial charge on any atom is 0.306 e. The van der Waals surface area contributed by atoms with Crippen LogP contribution in [0.4, 0.5) is 0 Å². The molecule has 0 aliphatic heterocycles. The minimum atomic E-state index is -1.14. The van der Waals surface area contributed by atoms with Crippen molar-refractivity contribution in [2.45, 2.75) is 122 Å². The highest BCUT2D eigenvalue weighted by atomic mass is 16.6. The standard InChI is InChI=1S/C40H65NO7/c1-6-8-10-12-13-14-15-16-17-18-19-20-21-22-23-24-25-27-29-31-39(43)48-36(35-47-38(42)30-28-26-11-9-7-2)34-46-33-32-37(40(44)45)41(3,4)5/h8,10,13-14,16-17,19-20,22-23,25,27,36-37H,6-7,9,11-12,15,18,21,24,26,28-35H2,1-5H3/b10-8-,14-13-,17-16-,20-19-,23-22-,27-25-. The second kappa shape index (κ2) is 31.1. The Bertz CT molecular complexity index is 1020. The van der Waals surface area contributed by atoms with Gasteiger partial charge in [0.2, 0.25) is 0 Å². The van der Waals surface area contributed by atoms with Gasteiger partial charge in [-0.1, -0.05) is 112 Å². The van der Waals surface area contributed by atoms with Crippen molar-refractivity contribution in [1.82, 2.24) is 0 Å². The molecule has 8 heteroatoms. The van der Waals surface area contributed by atoms with Crippen molar-refractivity contribution in [3.63, 3.8) is 0 Å². The first-order valence-corrected chi connectivity index (χ1v) is 18.0. The smallest absolute Gasteiger partial charge is 0.306 e. The number of aliphatic carboxylic acids is 1. The van der Waals surface area contributed by atoms with Crippen LogP contribution in [0.15, 0.2) is 72.9 Å². The number of rotatable bonds is 30. The molecule has 272 valence electrons. The average molecular weight is 672 g/mol. The summed E-state index contributed by atoms with van der Waals surface area (Å²) in [5.41, 5.74) is 0. The molecule has 0 fully saturated rings. The molecule has 0 aliphatic rings. The van der Waals surface area contributed by atoms with Gasteiger partial charge in [0.1, 0.15) is 12.6 Å². The number of hydrogen-bond acceptors (Lipinski definition) is 7. The van der Waals surface area contributed by atoms with Crippen LogP contribution < -0.4 is 5.11 Å². The summed E-state index contributed by atoms with van der Waals surface area (Å²) >= 11 is 0. The van der Waals surface area contributed by atoms with Crippen molar-refractivity contribution in [2.75, 3.05) is 41.0 Å². The molecule has 0 rings (SSSR count). The molecular formula is C40H65NO7. The molecule has 0 aromatic heterocycles. The zero-order chi connectivity index (χ0) is 35.7. The Morgan fingerprint density at radius 1 is 0.646 bits per heavy atom. The molecule has 0 radical (unpaired) electrons. The van der Waals surface area contributed by atoms with Crippen molar-refractivity contribution in [1.29, 1.82) is 0 Å². The van der Waals surface area contributed by atoms with Gasteiger partial charge < -0.3 is 28.6 Å². The minimum Gasteiger partial charge on any atom is -0.544 e. The average Bonchev–Trinajstić information content (AvgIpc) is 3.03. The van der Waals surface area contributed by atoms with Crippen LogP contribution in [-0.2, 0) is 28.6 Å². The van der Waals surface area contributed by atoms with Crippen molar-refractivity contribution in [2.24, 2.45) is 0 Å². The van der Waals surface area contributed by atoms with Crippen molar-refractivity contribution in [3.8, 4) is 0 Å². The Hall–Kier alpha value is -3.23. The van der Waals surface area contributed by atoms with Gasteiger partial charge in [-0.2, -0.15) is 0 Å². The Balaban J connectivity index is 4.49. The van der Waals surface area contributed by atoms with Gasteiger partial charge >= 0.3 is 11.9 Å². The molecule has 0 N–H and O–H groups in total. The first-order valence-electron chi connectivity index (χ1n) is 18.0. The quantitative estimate of drug-likeness (QED) is 0.0337. The van der Waals surface area contributed by atoms with Crippen LogP contribution in [-0.4, -0.2) is 75.5 Å². The summed E-state index contributed by atoms with van der Waals surface area (Å²) in [6.07, 6.45) is 36.9. The number of unbranched alkanes of at least 4 members (excludes halogenated alkanes) is 4. The third-order valence-corrected chi connectivity index (χ3v) is 7.37. The summed E-state index contributed by atoms with van der Waals surface area (Å²) in [6.45, 7) is 4.33. The molecule has 0 aromatic rings. The van der Waals surface area contributed by atoms with E-state index in [0.29, 0.717) is 12.8 Å². The molecule has 0 saturated heterocycles. The molecule has 0 saturated carbocycles. The third-order valence-electron chi connectivity index (χ3n) is 7.37. The highest BCUT2D eigenvalue weighted by Gasteiger charge is 2.25. The van der Waals surface area contributed by atoms with Crippen LogP contribution >= 0.6 is 0 Å². The lowest BCUT2D eigenvalue weighted by molar-refractivity contribution is -0.889. The van der Waals surface area contributed by atoms with Gasteiger partial charge in [0.25, 0.3) is 0 Å². The van der Waals surface area contributed by atoms with E-state index < -0.39 is 24.1 Å². The lowest BCUT2D eigenvalue weighted by Gasteiger charge is -2.34. The molecular weight excluding hydrogens is 606 g/mol. The summed E-state index contributed by atoms with van der Waals surface area (Å²) in [4.78, 5) is 36.3. The molecule has 2 atom stereocenters. The minimum absolute atomic E-state index is 0.00629. The molecule has 8 nitrogen and oxygen atoms in total. The van der Waals surface area contributed by atoms with Crippen LogP contribution in [0.1, 0.15) is 110 Å². The lowest BCUT2D eigenvalue weighted by atomic mass is 10.1. The summed E-state index contributed by atoms with van der Waals surface area (Å²) < 4.78 is 16.8. The van der Waals surface area contributed by atoms with E-state index >= 15 is 0 Å². The van der Waals surface area contributed by atoms with E-state index in [1.165, 1.54) is 0 Å². The number of esters is 2. The number of carboxylic acids is 1. The predicted octanol–water partition coefficient (Wildman–Crippen LogP) is 7.51. The van der Waals surface area contributed by atoms with E-state index in [-0.39, 0.29) is 43.1 Å². The fourth-order valence-electron chi connectivity index (χ4n) is 4.56. The van der Waals surface area contributed by atoms with E-state index in [2.05, 4.69) is 74.6 Å². The molecule has 0 aromatic carbocycles. The summed E-state index contributed by atoms with van der Waals surface area (Å²) in [5.74, 6) is -1.87. The van der Waals surface area contributed by atoms with Crippen LogP contribution in [0.3, 0.4) is 0 Å². The Morgan fingerprint density at radius 2 is 1.17 bits per heavy atom. The number of carboxylic acid groups (broad SMARTS) is 1. The van der Waals surface area contributed by atoms with E-state index in [0.717, 1.165) is 70.6 Å². The molecule has 48 heavy (non-hydrogen) atoms. The van der Waals surface area contributed by atoms with Crippen molar-refractivity contribution >= 4 is 17.9 Å². The largest absolute Gasteiger partial charge is 0.544 e. The number of quaternary nitrogens is 1. The van der Waals surface area contributed by atoms with Gasteiger partial charge in [0.05, 0.1) is 40.3 Å². The van der Waals surface area contributed by atoms with Gasteiger partial charge in [-0.05, 0) is 51.4 Å². The maximum absolute atomic E-state index is 12.5. The van der Waals surface area contributed by atoms with Crippen LogP contribution in [0.2, 0.25) is 0 Å². The maximum atomic E-state index is 12.5. The first kappa shape index (κ1) is 44.8. The number of ether oxygens (including phenoxy) is 3. The second-order valence-electron chi connectivity index (χ2n) is 12.7. The van der Waals surface area contributed by atoms with Gasteiger partial charge in [-0.15, -0.1) is 0 Å². The van der Waals surface area contributed by atoms with Crippen LogP contribution in [0.25, 0.3) is 0 Å². The van der Waals surface area contributed by atoms with Crippen molar-refractivity contribution in [3.05, 3.63) is 72.9 Å². The number of carbonyl (C=O) groups is 3. The summed E-state index contributed by atoms with van der Waals surface area (Å²) in [7, 11) is 5.35. The Kier molecular flexibility index (Phi) is 29.0. The number of allylic oxidation sites excluding steroid dienone is 12. The van der Waals surface area contributed by atoms with Crippen LogP contribution in [0, 0.1) is 0 Å². The van der Waals surface area contributed by atoms with E-state index in [4.69, 9.17) is 14.2 Å². The topological polar surface area (TPSA) is 102 Å². The third kappa shape index (κ3) is 29.0. The molecule has 2 unspecified atom stereocenters. The van der Waals surface area contributed by atoms with Crippen LogP contribution in [0.5, 0.6) is 0 Å². The van der Waals surface area contributed by atoms with Gasteiger partial charge in [0, 0.05) is 19.3 Å². The number of hydrogen-bond donors (Lipinski definition) is 0. The normalized spacial score (nSPS) is 13.9. The molecule has 0 heterocycles. The van der Waals surface area contributed by atoms with E-state index in [1.807, 2.05) is 12.2 Å². The summed E-state index contributed by atoms with van der Waals surface area (Å²) in [5, 5.41) is 11.5.